The minimum absolute atomic E-state index is 0.0186. The van der Waals surface area contributed by atoms with E-state index in [1.165, 1.54) is 73.1 Å². The third-order valence-electron chi connectivity index (χ3n) is 5.42. The predicted octanol–water partition coefficient (Wildman–Crippen LogP) is 5.75. The Kier molecular flexibility index (Phi) is 9.53. The lowest BCUT2D eigenvalue weighted by atomic mass is 10.0. The molecule has 1 atom stereocenters. The standard InChI is InChI=1S/C24H18F4N4O2S.C2HF3O2/c25-20-12-16(10-11-18(20)17-13-30-23(29)31-14-17)19-8-4-5-9-21(19)35(33,34)32-22(24(26,27)28)15-6-2-1-3-7-15;3-2(4,5)1(6)7/h1-14,22,32H,(H2,29,30,31);(H,6,7)/t22-;/m1./s1. The van der Waals surface area contributed by atoms with Crippen molar-refractivity contribution >= 4 is 21.9 Å². The Morgan fingerprint density at radius 3 is 1.90 bits per heavy atom. The molecule has 3 aromatic carbocycles. The van der Waals surface area contributed by atoms with Gasteiger partial charge >= 0.3 is 18.3 Å². The van der Waals surface area contributed by atoms with Gasteiger partial charge in [-0.2, -0.15) is 31.1 Å². The molecule has 4 aromatic rings. The summed E-state index contributed by atoms with van der Waals surface area (Å²) in [5.41, 5.74) is 5.88. The molecule has 0 radical (unpaired) electrons. The molecule has 0 aliphatic rings. The van der Waals surface area contributed by atoms with Crippen LogP contribution in [0.25, 0.3) is 22.3 Å². The molecule has 1 aromatic heterocycles. The molecular weight excluding hydrogens is 597 g/mol. The van der Waals surface area contributed by atoms with Crippen LogP contribution in [-0.2, 0) is 14.8 Å². The van der Waals surface area contributed by atoms with Crippen molar-refractivity contribution in [2.45, 2.75) is 23.3 Å². The molecule has 0 unspecified atom stereocenters. The molecule has 4 rings (SSSR count). The van der Waals surface area contributed by atoms with E-state index < -0.39 is 45.1 Å². The molecule has 16 heteroatoms. The Bertz CT molecular complexity index is 1650. The number of aliphatic carboxylic acids is 1. The van der Waals surface area contributed by atoms with Crippen LogP contribution in [0.15, 0.2) is 90.1 Å². The number of nitrogen functional groups attached to an aromatic ring is 1. The average Bonchev–Trinajstić information content (AvgIpc) is 2.92. The highest BCUT2D eigenvalue weighted by molar-refractivity contribution is 7.89. The average molecular weight is 617 g/mol. The number of hydrogen-bond acceptors (Lipinski definition) is 6. The fourth-order valence-electron chi connectivity index (χ4n) is 3.52. The first kappa shape index (κ1) is 32.0. The van der Waals surface area contributed by atoms with Crippen LogP contribution in [0.3, 0.4) is 0 Å². The number of carboxylic acids is 1. The second-order valence-electron chi connectivity index (χ2n) is 8.33. The van der Waals surface area contributed by atoms with Crippen molar-refractivity contribution < 1.29 is 49.1 Å². The lowest BCUT2D eigenvalue weighted by molar-refractivity contribution is -0.192. The molecule has 0 aliphatic heterocycles. The molecule has 8 nitrogen and oxygen atoms in total. The predicted molar refractivity (Wildman–Crippen MR) is 137 cm³/mol. The van der Waals surface area contributed by atoms with E-state index in [2.05, 4.69) is 9.97 Å². The molecule has 0 fully saturated rings. The van der Waals surface area contributed by atoms with Crippen LogP contribution in [-0.4, -0.2) is 41.8 Å². The molecule has 0 bridgehead atoms. The zero-order valence-corrected chi connectivity index (χ0v) is 21.7. The smallest absolute Gasteiger partial charge is 0.475 e. The van der Waals surface area contributed by atoms with Gasteiger partial charge in [0, 0.05) is 29.1 Å². The first-order valence-electron chi connectivity index (χ1n) is 11.4. The lowest BCUT2D eigenvalue weighted by Gasteiger charge is -2.23. The van der Waals surface area contributed by atoms with E-state index in [0.717, 1.165) is 12.1 Å². The Balaban J connectivity index is 0.000000616. The lowest BCUT2D eigenvalue weighted by Crippen LogP contribution is -2.38. The minimum atomic E-state index is -5.08. The van der Waals surface area contributed by atoms with Gasteiger partial charge in [-0.15, -0.1) is 0 Å². The third kappa shape index (κ3) is 8.01. The number of hydrogen-bond donors (Lipinski definition) is 3. The second-order valence-corrected chi connectivity index (χ2v) is 10.0. The summed E-state index contributed by atoms with van der Waals surface area (Å²) in [6.45, 7) is 0. The number of nitrogens with zero attached hydrogens (tertiary/aromatic N) is 2. The Hall–Kier alpha value is -4.57. The SMILES string of the molecule is Nc1ncc(-c2ccc(-c3ccccc3S(=O)(=O)N[C@H](c3ccccc3)C(F)(F)F)cc2F)cn1.O=C(O)C(F)(F)F. The van der Waals surface area contributed by atoms with Gasteiger partial charge in [-0.05, 0) is 23.3 Å². The quantitative estimate of drug-likeness (QED) is 0.235. The molecule has 222 valence electrons. The third-order valence-corrected chi connectivity index (χ3v) is 6.90. The number of rotatable bonds is 6. The van der Waals surface area contributed by atoms with Crippen LogP contribution in [0.5, 0.6) is 0 Å². The van der Waals surface area contributed by atoms with E-state index in [1.807, 2.05) is 0 Å². The Morgan fingerprint density at radius 1 is 0.833 bits per heavy atom. The number of nitrogens with two attached hydrogens (primary N) is 1. The van der Waals surface area contributed by atoms with Gasteiger partial charge < -0.3 is 10.8 Å². The summed E-state index contributed by atoms with van der Waals surface area (Å²) in [5.74, 6) is -3.44. The van der Waals surface area contributed by atoms with Gasteiger partial charge in [-0.3, -0.25) is 0 Å². The number of anilines is 1. The summed E-state index contributed by atoms with van der Waals surface area (Å²) in [4.78, 5) is 16.1. The van der Waals surface area contributed by atoms with Gasteiger partial charge in [0.25, 0.3) is 0 Å². The number of carbonyl (C=O) groups is 1. The summed E-state index contributed by atoms with van der Waals surface area (Å²) in [6.07, 6.45) is -7.30. The normalized spacial score (nSPS) is 12.6. The van der Waals surface area contributed by atoms with Crippen molar-refractivity contribution in [2.75, 3.05) is 5.73 Å². The van der Waals surface area contributed by atoms with Crippen molar-refractivity contribution in [3.8, 4) is 22.3 Å². The number of sulfonamides is 1. The van der Waals surface area contributed by atoms with Crippen molar-refractivity contribution in [3.05, 3.63) is 96.6 Å². The number of benzene rings is 3. The second kappa shape index (κ2) is 12.5. The molecule has 1 heterocycles. The molecule has 42 heavy (non-hydrogen) atoms. The highest BCUT2D eigenvalue weighted by Crippen LogP contribution is 2.36. The molecule has 0 saturated heterocycles. The van der Waals surface area contributed by atoms with Gasteiger partial charge in [0.2, 0.25) is 16.0 Å². The van der Waals surface area contributed by atoms with Crippen LogP contribution in [0, 0.1) is 5.82 Å². The summed E-state index contributed by atoms with van der Waals surface area (Å²) in [5, 5.41) is 7.12. The van der Waals surface area contributed by atoms with Crippen molar-refractivity contribution in [1.29, 1.82) is 0 Å². The summed E-state index contributed by atoms with van der Waals surface area (Å²) in [7, 11) is -4.68. The monoisotopic (exact) mass is 616 g/mol. The highest BCUT2D eigenvalue weighted by atomic mass is 32.2. The van der Waals surface area contributed by atoms with E-state index in [9.17, 15) is 39.2 Å². The fraction of sp³-hybridized carbons (Fsp3) is 0.115. The number of nitrogens with one attached hydrogen (secondary N) is 1. The first-order valence-corrected chi connectivity index (χ1v) is 12.9. The largest absolute Gasteiger partial charge is 0.490 e. The van der Waals surface area contributed by atoms with Gasteiger partial charge in [0.05, 0.1) is 4.90 Å². The first-order chi connectivity index (χ1) is 19.5. The van der Waals surface area contributed by atoms with Crippen LogP contribution < -0.4 is 10.5 Å². The van der Waals surface area contributed by atoms with E-state index >= 15 is 0 Å². The zero-order valence-electron chi connectivity index (χ0n) is 20.9. The Morgan fingerprint density at radius 2 is 1.38 bits per heavy atom. The molecule has 4 N–H and O–H groups in total. The van der Waals surface area contributed by atoms with Crippen LogP contribution in [0.2, 0.25) is 0 Å². The Labute approximate surface area is 233 Å². The zero-order chi connectivity index (χ0) is 31.3. The van der Waals surface area contributed by atoms with Crippen LogP contribution in [0.4, 0.5) is 36.7 Å². The maximum Gasteiger partial charge on any atom is 0.490 e. The van der Waals surface area contributed by atoms with Crippen LogP contribution >= 0.6 is 0 Å². The van der Waals surface area contributed by atoms with Gasteiger partial charge in [-0.25, -0.2) is 27.6 Å². The van der Waals surface area contributed by atoms with Crippen molar-refractivity contribution in [3.63, 3.8) is 0 Å². The van der Waals surface area contributed by atoms with Crippen molar-refractivity contribution in [2.24, 2.45) is 0 Å². The number of halogens is 7. The van der Waals surface area contributed by atoms with Crippen molar-refractivity contribution in [1.82, 2.24) is 14.7 Å². The highest BCUT2D eigenvalue weighted by Gasteiger charge is 2.43. The molecule has 0 aliphatic carbocycles. The summed E-state index contributed by atoms with van der Waals surface area (Å²) >= 11 is 0. The molecule has 0 saturated carbocycles. The van der Waals surface area contributed by atoms with E-state index in [-0.39, 0.29) is 28.2 Å². The minimum Gasteiger partial charge on any atom is -0.475 e. The van der Waals surface area contributed by atoms with Gasteiger partial charge in [-0.1, -0.05) is 60.7 Å². The maximum absolute atomic E-state index is 14.9. The summed E-state index contributed by atoms with van der Waals surface area (Å²) in [6, 6.07) is 13.6. The fourth-order valence-corrected chi connectivity index (χ4v) is 4.96. The number of aromatic nitrogens is 2. The molecular formula is C26H19F7N4O4S. The topological polar surface area (TPSA) is 135 Å². The number of carboxylic acid groups (broad SMARTS) is 1. The molecule has 0 spiro atoms. The van der Waals surface area contributed by atoms with E-state index in [1.54, 1.807) is 4.72 Å². The van der Waals surface area contributed by atoms with Crippen LogP contribution in [0.1, 0.15) is 11.6 Å². The van der Waals surface area contributed by atoms with E-state index in [0.29, 0.717) is 5.56 Å². The molecule has 0 amide bonds. The van der Waals surface area contributed by atoms with Gasteiger partial charge in [0.1, 0.15) is 11.9 Å². The van der Waals surface area contributed by atoms with Gasteiger partial charge in [0.15, 0.2) is 0 Å². The number of alkyl halides is 6. The summed E-state index contributed by atoms with van der Waals surface area (Å²) < 4.78 is 116. The maximum atomic E-state index is 14.9. The van der Waals surface area contributed by atoms with E-state index in [4.69, 9.17) is 15.6 Å².